The number of halogens is 3. The lowest BCUT2D eigenvalue weighted by Crippen LogP contribution is -2.15. The molecule has 4 aromatic rings. The largest absolute Gasteiger partial charge is 0.433 e. The Morgan fingerprint density at radius 2 is 1.77 bits per heavy atom. The Hall–Kier alpha value is -4.19. The molecule has 6 nitrogen and oxygen atoms in total. The number of aryl methyl sites for hydroxylation is 1. The standard InChI is InChI=1S/C22H14F3N5O/c1-13-2-6-15(7-3-13)18-10-19(22(23,24)25)30-20(29-18)17(12-27-30)21(31)28-16-8-4-14(11-26)5-9-16/h2-10,12H,1H3,(H,28,31). The Bertz CT molecular complexity index is 1320. The predicted molar refractivity (Wildman–Crippen MR) is 107 cm³/mol. The van der Waals surface area contributed by atoms with E-state index in [1.807, 2.05) is 13.0 Å². The van der Waals surface area contributed by atoms with E-state index in [1.54, 1.807) is 24.3 Å². The number of nitrogens with zero attached hydrogens (tertiary/aromatic N) is 4. The first kappa shape index (κ1) is 20.1. The van der Waals surface area contributed by atoms with E-state index >= 15 is 0 Å². The molecule has 2 heterocycles. The number of fused-ring (bicyclic) bond motifs is 1. The fourth-order valence-corrected chi connectivity index (χ4v) is 3.02. The zero-order valence-corrected chi connectivity index (χ0v) is 16.1. The molecule has 0 unspecified atom stereocenters. The fraction of sp³-hybridized carbons (Fsp3) is 0.0909. The first-order chi connectivity index (χ1) is 14.8. The molecular weight excluding hydrogens is 407 g/mol. The van der Waals surface area contributed by atoms with E-state index in [4.69, 9.17) is 5.26 Å². The van der Waals surface area contributed by atoms with Gasteiger partial charge in [-0.2, -0.15) is 23.5 Å². The summed E-state index contributed by atoms with van der Waals surface area (Å²) in [4.78, 5) is 17.0. The van der Waals surface area contributed by atoms with Crippen LogP contribution in [-0.2, 0) is 6.18 Å². The summed E-state index contributed by atoms with van der Waals surface area (Å²) in [5, 5.41) is 15.2. The van der Waals surface area contributed by atoms with Crippen molar-refractivity contribution in [2.45, 2.75) is 13.1 Å². The minimum absolute atomic E-state index is 0.0766. The molecular formula is C22H14F3N5O. The van der Waals surface area contributed by atoms with E-state index in [9.17, 15) is 18.0 Å². The van der Waals surface area contributed by atoms with Crippen LogP contribution in [0.25, 0.3) is 16.9 Å². The number of rotatable bonds is 3. The number of carbonyl (C=O) groups is 1. The molecule has 2 aromatic carbocycles. The summed E-state index contributed by atoms with van der Waals surface area (Å²) in [6, 6.07) is 15.8. The first-order valence-corrected chi connectivity index (χ1v) is 9.11. The van der Waals surface area contributed by atoms with Gasteiger partial charge in [0.15, 0.2) is 11.3 Å². The summed E-state index contributed by atoms with van der Waals surface area (Å²) >= 11 is 0. The maximum absolute atomic E-state index is 13.7. The molecule has 0 spiro atoms. The lowest BCUT2D eigenvalue weighted by Gasteiger charge is -2.12. The molecule has 0 fully saturated rings. The van der Waals surface area contributed by atoms with Gasteiger partial charge < -0.3 is 5.32 Å². The van der Waals surface area contributed by atoms with Gasteiger partial charge in [-0.15, -0.1) is 0 Å². The highest BCUT2D eigenvalue weighted by Gasteiger charge is 2.36. The normalized spacial score (nSPS) is 11.3. The van der Waals surface area contributed by atoms with Crippen molar-refractivity contribution in [2.24, 2.45) is 0 Å². The summed E-state index contributed by atoms with van der Waals surface area (Å²) in [7, 11) is 0. The van der Waals surface area contributed by atoms with Crippen molar-refractivity contribution in [3.05, 3.63) is 83.2 Å². The van der Waals surface area contributed by atoms with Crippen molar-refractivity contribution in [1.29, 1.82) is 5.26 Å². The summed E-state index contributed by atoms with van der Waals surface area (Å²) < 4.78 is 41.7. The van der Waals surface area contributed by atoms with Gasteiger partial charge in [-0.1, -0.05) is 29.8 Å². The molecule has 31 heavy (non-hydrogen) atoms. The van der Waals surface area contributed by atoms with Crippen LogP contribution >= 0.6 is 0 Å². The van der Waals surface area contributed by atoms with Crippen molar-refractivity contribution in [3.8, 4) is 17.3 Å². The third-order valence-electron chi connectivity index (χ3n) is 4.63. The smallest absolute Gasteiger partial charge is 0.322 e. The van der Waals surface area contributed by atoms with Gasteiger partial charge in [-0.05, 0) is 37.3 Å². The molecule has 9 heteroatoms. The van der Waals surface area contributed by atoms with Crippen LogP contribution in [0.5, 0.6) is 0 Å². The second-order valence-electron chi connectivity index (χ2n) is 6.83. The third-order valence-corrected chi connectivity index (χ3v) is 4.63. The minimum Gasteiger partial charge on any atom is -0.322 e. The number of aromatic nitrogens is 3. The maximum Gasteiger partial charge on any atom is 0.433 e. The molecule has 2 aromatic heterocycles. The zero-order valence-electron chi connectivity index (χ0n) is 16.1. The number of alkyl halides is 3. The number of amides is 1. The summed E-state index contributed by atoms with van der Waals surface area (Å²) in [6.45, 7) is 1.87. The summed E-state index contributed by atoms with van der Waals surface area (Å²) in [5.74, 6) is -0.665. The number of anilines is 1. The van der Waals surface area contributed by atoms with Crippen molar-refractivity contribution >= 4 is 17.2 Å². The van der Waals surface area contributed by atoms with E-state index in [0.29, 0.717) is 21.3 Å². The second kappa shape index (κ2) is 7.57. The summed E-state index contributed by atoms with van der Waals surface area (Å²) in [5.41, 5.74) is 0.951. The van der Waals surface area contributed by atoms with Crippen molar-refractivity contribution in [2.75, 3.05) is 5.32 Å². The number of hydrogen-bond acceptors (Lipinski definition) is 4. The second-order valence-corrected chi connectivity index (χ2v) is 6.83. The molecule has 0 aliphatic heterocycles. The first-order valence-electron chi connectivity index (χ1n) is 9.11. The molecule has 154 valence electrons. The topological polar surface area (TPSA) is 83.1 Å². The minimum atomic E-state index is -4.70. The highest BCUT2D eigenvalue weighted by atomic mass is 19.4. The molecule has 0 atom stereocenters. The molecule has 0 aliphatic rings. The van der Waals surface area contributed by atoms with Gasteiger partial charge in [0, 0.05) is 11.3 Å². The van der Waals surface area contributed by atoms with Gasteiger partial charge >= 0.3 is 6.18 Å². The van der Waals surface area contributed by atoms with Crippen molar-refractivity contribution < 1.29 is 18.0 Å². The van der Waals surface area contributed by atoms with E-state index in [1.165, 1.54) is 24.3 Å². The Balaban J connectivity index is 1.80. The molecule has 0 bridgehead atoms. The Labute approximate surface area is 174 Å². The van der Waals surface area contributed by atoms with Crippen LogP contribution in [0.2, 0.25) is 0 Å². The number of nitriles is 1. The van der Waals surface area contributed by atoms with Crippen LogP contribution in [0, 0.1) is 18.3 Å². The van der Waals surface area contributed by atoms with Gasteiger partial charge in [-0.3, -0.25) is 4.79 Å². The molecule has 1 amide bonds. The maximum atomic E-state index is 13.7. The van der Waals surface area contributed by atoms with Crippen molar-refractivity contribution in [3.63, 3.8) is 0 Å². The molecule has 0 saturated carbocycles. The van der Waals surface area contributed by atoms with Gasteiger partial charge in [0.2, 0.25) is 0 Å². The third kappa shape index (κ3) is 3.96. The van der Waals surface area contributed by atoms with E-state index in [2.05, 4.69) is 15.4 Å². The van der Waals surface area contributed by atoms with E-state index in [0.717, 1.165) is 17.8 Å². The highest BCUT2D eigenvalue weighted by Crippen LogP contribution is 2.33. The van der Waals surface area contributed by atoms with E-state index < -0.39 is 17.8 Å². The number of benzene rings is 2. The molecule has 0 radical (unpaired) electrons. The zero-order chi connectivity index (χ0) is 22.2. The predicted octanol–water partition coefficient (Wildman–Crippen LogP) is 4.85. The van der Waals surface area contributed by atoms with Crippen LogP contribution < -0.4 is 5.32 Å². The van der Waals surface area contributed by atoms with Gasteiger partial charge in [0.05, 0.1) is 23.5 Å². The molecule has 0 saturated heterocycles. The average molecular weight is 421 g/mol. The van der Waals surface area contributed by atoms with Gasteiger partial charge in [-0.25, -0.2) is 9.50 Å². The van der Waals surface area contributed by atoms with Crippen LogP contribution in [0.4, 0.5) is 18.9 Å². The number of hydrogen-bond donors (Lipinski definition) is 1. The Morgan fingerprint density at radius 1 is 1.10 bits per heavy atom. The van der Waals surface area contributed by atoms with Gasteiger partial charge in [0.25, 0.3) is 5.91 Å². The fourth-order valence-electron chi connectivity index (χ4n) is 3.02. The highest BCUT2D eigenvalue weighted by molar-refractivity contribution is 6.08. The molecule has 1 N–H and O–H groups in total. The average Bonchev–Trinajstić information content (AvgIpc) is 3.17. The van der Waals surface area contributed by atoms with Crippen LogP contribution in [0.1, 0.15) is 27.2 Å². The van der Waals surface area contributed by atoms with E-state index in [-0.39, 0.29) is 16.9 Å². The Morgan fingerprint density at radius 3 is 2.39 bits per heavy atom. The van der Waals surface area contributed by atoms with Crippen molar-refractivity contribution in [1.82, 2.24) is 14.6 Å². The monoisotopic (exact) mass is 421 g/mol. The molecule has 4 rings (SSSR count). The Kier molecular flexibility index (Phi) is 4.91. The number of carbonyl (C=O) groups excluding carboxylic acids is 1. The van der Waals surface area contributed by atoms with Crippen LogP contribution in [-0.4, -0.2) is 20.5 Å². The molecule has 0 aliphatic carbocycles. The summed E-state index contributed by atoms with van der Waals surface area (Å²) in [6.07, 6.45) is -3.65. The van der Waals surface area contributed by atoms with Crippen LogP contribution in [0.3, 0.4) is 0 Å². The number of nitrogens with one attached hydrogen (secondary N) is 1. The lowest BCUT2D eigenvalue weighted by atomic mass is 10.1. The SMILES string of the molecule is Cc1ccc(-c2cc(C(F)(F)F)n3ncc(C(=O)Nc4ccc(C#N)cc4)c3n2)cc1. The van der Waals surface area contributed by atoms with Crippen LogP contribution in [0.15, 0.2) is 60.8 Å². The lowest BCUT2D eigenvalue weighted by molar-refractivity contribution is -0.142. The van der Waals surface area contributed by atoms with Gasteiger partial charge in [0.1, 0.15) is 5.56 Å². The quantitative estimate of drug-likeness (QED) is 0.513.